The van der Waals surface area contributed by atoms with Crippen molar-refractivity contribution in [3.63, 3.8) is 0 Å². The first-order chi connectivity index (χ1) is 7.16. The molecule has 0 bridgehead atoms. The standard InChI is InChI=1S/C13H26N2/c1-13(2)5-3-7-15(9-6-13)8-4-12-10-14-11-12/h12,14H,3-11H2,1-2H3. The molecular formula is C13H26N2. The lowest BCUT2D eigenvalue weighted by Crippen LogP contribution is -2.43. The van der Waals surface area contributed by atoms with Gasteiger partial charge in [0.25, 0.3) is 0 Å². The van der Waals surface area contributed by atoms with Crippen molar-refractivity contribution in [2.24, 2.45) is 11.3 Å². The molecule has 0 aromatic carbocycles. The van der Waals surface area contributed by atoms with Crippen LogP contribution in [-0.2, 0) is 0 Å². The second-order valence-electron chi connectivity index (χ2n) is 6.17. The van der Waals surface area contributed by atoms with Crippen LogP contribution in [0.15, 0.2) is 0 Å². The van der Waals surface area contributed by atoms with E-state index in [4.69, 9.17) is 0 Å². The summed E-state index contributed by atoms with van der Waals surface area (Å²) >= 11 is 0. The minimum atomic E-state index is 0.590. The molecule has 0 amide bonds. The zero-order chi connectivity index (χ0) is 10.7. The fourth-order valence-corrected chi connectivity index (χ4v) is 2.62. The monoisotopic (exact) mass is 210 g/mol. The summed E-state index contributed by atoms with van der Waals surface area (Å²) in [4.78, 5) is 2.69. The lowest BCUT2D eigenvalue weighted by molar-refractivity contribution is 0.223. The van der Waals surface area contributed by atoms with Gasteiger partial charge in [0.15, 0.2) is 0 Å². The van der Waals surface area contributed by atoms with E-state index in [1.165, 1.54) is 58.4 Å². The second-order valence-corrected chi connectivity index (χ2v) is 6.17. The third-order valence-electron chi connectivity index (χ3n) is 4.15. The molecule has 2 fully saturated rings. The number of rotatable bonds is 3. The third-order valence-corrected chi connectivity index (χ3v) is 4.15. The lowest BCUT2D eigenvalue weighted by atomic mass is 9.85. The van der Waals surface area contributed by atoms with E-state index in [2.05, 4.69) is 24.1 Å². The molecule has 0 unspecified atom stereocenters. The Bertz CT molecular complexity index is 197. The second kappa shape index (κ2) is 4.84. The number of likely N-dealkylation sites (tertiary alicyclic amines) is 1. The van der Waals surface area contributed by atoms with Crippen molar-refractivity contribution < 1.29 is 0 Å². The van der Waals surface area contributed by atoms with Gasteiger partial charge in [-0.15, -0.1) is 0 Å². The Morgan fingerprint density at radius 2 is 2.00 bits per heavy atom. The van der Waals surface area contributed by atoms with Crippen molar-refractivity contribution in [1.29, 1.82) is 0 Å². The summed E-state index contributed by atoms with van der Waals surface area (Å²) in [5.41, 5.74) is 0.590. The van der Waals surface area contributed by atoms with Crippen molar-refractivity contribution in [3.05, 3.63) is 0 Å². The topological polar surface area (TPSA) is 15.3 Å². The molecule has 0 aliphatic carbocycles. The summed E-state index contributed by atoms with van der Waals surface area (Å²) in [6.07, 6.45) is 5.60. The van der Waals surface area contributed by atoms with E-state index in [1.54, 1.807) is 0 Å². The van der Waals surface area contributed by atoms with Crippen LogP contribution in [0.1, 0.15) is 39.5 Å². The highest BCUT2D eigenvalue weighted by atomic mass is 15.1. The van der Waals surface area contributed by atoms with E-state index < -0.39 is 0 Å². The van der Waals surface area contributed by atoms with Crippen molar-refractivity contribution in [1.82, 2.24) is 10.2 Å². The molecule has 2 rings (SSSR count). The molecule has 88 valence electrons. The fourth-order valence-electron chi connectivity index (χ4n) is 2.62. The maximum absolute atomic E-state index is 3.36. The molecule has 0 aromatic heterocycles. The molecular weight excluding hydrogens is 184 g/mol. The summed E-state index contributed by atoms with van der Waals surface area (Å²) in [6.45, 7) is 11.4. The summed E-state index contributed by atoms with van der Waals surface area (Å²) in [5.74, 6) is 0.973. The first-order valence-electron chi connectivity index (χ1n) is 6.59. The number of nitrogens with zero attached hydrogens (tertiary/aromatic N) is 1. The fraction of sp³-hybridized carbons (Fsp3) is 1.00. The Hall–Kier alpha value is -0.0800. The van der Waals surface area contributed by atoms with E-state index in [-0.39, 0.29) is 0 Å². The van der Waals surface area contributed by atoms with Crippen LogP contribution in [-0.4, -0.2) is 37.6 Å². The van der Waals surface area contributed by atoms with Crippen molar-refractivity contribution in [2.45, 2.75) is 39.5 Å². The molecule has 2 saturated heterocycles. The Balaban J connectivity index is 1.68. The van der Waals surface area contributed by atoms with Crippen LogP contribution < -0.4 is 5.32 Å². The molecule has 2 nitrogen and oxygen atoms in total. The summed E-state index contributed by atoms with van der Waals surface area (Å²) in [6, 6.07) is 0. The van der Waals surface area contributed by atoms with Crippen LogP contribution in [0.5, 0.6) is 0 Å². The van der Waals surface area contributed by atoms with Gasteiger partial charge in [0.2, 0.25) is 0 Å². The first-order valence-corrected chi connectivity index (χ1v) is 6.59. The lowest BCUT2D eigenvalue weighted by Gasteiger charge is -2.30. The normalized spacial score (nSPS) is 28.4. The van der Waals surface area contributed by atoms with Crippen LogP contribution in [0.4, 0.5) is 0 Å². The molecule has 0 atom stereocenters. The highest BCUT2D eigenvalue weighted by Gasteiger charge is 2.24. The highest BCUT2D eigenvalue weighted by molar-refractivity contribution is 4.79. The molecule has 0 radical (unpaired) electrons. The quantitative estimate of drug-likeness (QED) is 0.767. The molecule has 0 saturated carbocycles. The average Bonchev–Trinajstić information content (AvgIpc) is 2.25. The van der Waals surface area contributed by atoms with Gasteiger partial charge in [0, 0.05) is 0 Å². The van der Waals surface area contributed by atoms with Crippen LogP contribution in [0.2, 0.25) is 0 Å². The van der Waals surface area contributed by atoms with Crippen LogP contribution in [0.25, 0.3) is 0 Å². The Morgan fingerprint density at radius 3 is 2.67 bits per heavy atom. The summed E-state index contributed by atoms with van der Waals surface area (Å²) < 4.78 is 0. The van der Waals surface area contributed by atoms with Gasteiger partial charge < -0.3 is 10.2 Å². The molecule has 2 heteroatoms. The number of hydrogen-bond acceptors (Lipinski definition) is 2. The molecule has 2 aliphatic rings. The highest BCUT2D eigenvalue weighted by Crippen LogP contribution is 2.29. The van der Waals surface area contributed by atoms with Crippen molar-refractivity contribution >= 4 is 0 Å². The maximum Gasteiger partial charge on any atom is -0.000778 e. The van der Waals surface area contributed by atoms with Crippen LogP contribution in [0.3, 0.4) is 0 Å². The zero-order valence-electron chi connectivity index (χ0n) is 10.4. The van der Waals surface area contributed by atoms with E-state index >= 15 is 0 Å². The molecule has 0 spiro atoms. The smallest absolute Gasteiger partial charge is 0.000778 e. The largest absolute Gasteiger partial charge is 0.316 e. The Kier molecular flexibility index (Phi) is 3.68. The third kappa shape index (κ3) is 3.46. The predicted octanol–water partition coefficient (Wildman–Crippen LogP) is 2.11. The van der Waals surface area contributed by atoms with Gasteiger partial charge in [-0.25, -0.2) is 0 Å². The minimum absolute atomic E-state index is 0.590. The van der Waals surface area contributed by atoms with E-state index in [9.17, 15) is 0 Å². The molecule has 1 N–H and O–H groups in total. The van der Waals surface area contributed by atoms with Crippen molar-refractivity contribution in [2.75, 3.05) is 32.7 Å². The van der Waals surface area contributed by atoms with Gasteiger partial charge in [-0.2, -0.15) is 0 Å². The molecule has 0 aromatic rings. The van der Waals surface area contributed by atoms with Gasteiger partial charge in [0.05, 0.1) is 0 Å². The predicted molar refractivity (Wildman–Crippen MR) is 65.0 cm³/mol. The molecule has 2 heterocycles. The number of nitrogens with one attached hydrogen (secondary N) is 1. The summed E-state index contributed by atoms with van der Waals surface area (Å²) in [5, 5.41) is 3.36. The van der Waals surface area contributed by atoms with Crippen LogP contribution in [0, 0.1) is 11.3 Å². The maximum atomic E-state index is 3.36. The Morgan fingerprint density at radius 1 is 1.20 bits per heavy atom. The molecule has 15 heavy (non-hydrogen) atoms. The van der Waals surface area contributed by atoms with Gasteiger partial charge in [-0.1, -0.05) is 13.8 Å². The minimum Gasteiger partial charge on any atom is -0.316 e. The molecule has 2 aliphatic heterocycles. The van der Waals surface area contributed by atoms with Crippen molar-refractivity contribution in [3.8, 4) is 0 Å². The average molecular weight is 210 g/mol. The van der Waals surface area contributed by atoms with E-state index in [0.717, 1.165) is 5.92 Å². The van der Waals surface area contributed by atoms with Gasteiger partial charge in [-0.05, 0) is 69.7 Å². The van der Waals surface area contributed by atoms with E-state index in [0.29, 0.717) is 5.41 Å². The SMILES string of the molecule is CC1(C)CCCN(CCC2CNC2)CC1. The summed E-state index contributed by atoms with van der Waals surface area (Å²) in [7, 11) is 0. The van der Waals surface area contributed by atoms with Gasteiger partial charge in [-0.3, -0.25) is 0 Å². The Labute approximate surface area is 94.4 Å². The van der Waals surface area contributed by atoms with Gasteiger partial charge >= 0.3 is 0 Å². The van der Waals surface area contributed by atoms with E-state index in [1.807, 2.05) is 0 Å². The van der Waals surface area contributed by atoms with Crippen LogP contribution >= 0.6 is 0 Å². The zero-order valence-corrected chi connectivity index (χ0v) is 10.4. The van der Waals surface area contributed by atoms with Gasteiger partial charge in [0.1, 0.15) is 0 Å². The first kappa shape index (κ1) is 11.4. The number of hydrogen-bond donors (Lipinski definition) is 1.